The highest BCUT2D eigenvalue weighted by Crippen LogP contribution is 2.66. The average molecular weight is 959 g/mol. The first kappa shape index (κ1) is 42.5. The number of fused-ring (bicyclic) bond motifs is 18. The Balaban J connectivity index is 1.02. The smallest absolute Gasteiger partial charge is 0.139 e. The average Bonchev–Trinajstić information content (AvgIpc) is 4.17. The first-order valence-electron chi connectivity index (χ1n) is 26.4. The van der Waals surface area contributed by atoms with Crippen molar-refractivity contribution >= 4 is 32.3 Å². The number of hydrogen-bond acceptors (Lipinski definition) is 2. The number of ether oxygens (including phenoxy) is 2. The third kappa shape index (κ3) is 5.48. The summed E-state index contributed by atoms with van der Waals surface area (Å²) in [6.45, 7) is 9.30. The van der Waals surface area contributed by atoms with Crippen LogP contribution in [0.4, 0.5) is 0 Å². The van der Waals surface area contributed by atoms with E-state index in [-0.39, 0.29) is 10.8 Å². The van der Waals surface area contributed by atoms with Crippen LogP contribution in [0.1, 0.15) is 72.2 Å². The molecule has 2 heterocycles. The highest BCUT2D eigenvalue weighted by atomic mass is 16.5. The van der Waals surface area contributed by atoms with Crippen LogP contribution in [0.25, 0.3) is 88.0 Å². The summed E-state index contributed by atoms with van der Waals surface area (Å²) in [5, 5.41) is 7.26. The number of benzene rings is 12. The van der Waals surface area contributed by atoms with Gasteiger partial charge in [0, 0.05) is 44.2 Å². The highest BCUT2D eigenvalue weighted by Gasteiger charge is 2.52. The van der Waals surface area contributed by atoms with E-state index in [9.17, 15) is 0 Å². The second-order valence-electron chi connectivity index (χ2n) is 22.1. The largest absolute Gasteiger partial charge is 0.456 e. The van der Waals surface area contributed by atoms with E-state index in [0.717, 1.165) is 45.3 Å². The van der Waals surface area contributed by atoms with Crippen LogP contribution < -0.4 is 9.47 Å². The summed E-state index contributed by atoms with van der Waals surface area (Å²) in [4.78, 5) is 0. The minimum Gasteiger partial charge on any atom is -0.456 e. The molecule has 1 spiro atoms. The summed E-state index contributed by atoms with van der Waals surface area (Å²) < 4.78 is 14.1. The minimum atomic E-state index is -0.526. The molecule has 0 amide bonds. The fraction of sp³-hybridized carbons (Fsp3) is 0.0959. The van der Waals surface area contributed by atoms with Gasteiger partial charge >= 0.3 is 0 Å². The third-order valence-corrected chi connectivity index (χ3v) is 17.8. The van der Waals surface area contributed by atoms with E-state index in [0.29, 0.717) is 0 Å². The Bertz CT molecular complexity index is 4320. The molecule has 1 unspecified atom stereocenters. The maximum atomic E-state index is 7.07. The van der Waals surface area contributed by atoms with Crippen molar-refractivity contribution in [2.24, 2.45) is 0 Å². The standard InChI is InChI=1S/C73H50O2/c1-71(2)58-33-11-13-38-64(58)74-69-49(28-17-36-62(69)71)45-24-15-26-47-54(45)42-55-46(50-29-18-37-63-70(50)75-65-39-14-12-34-59(65)72(63,3)4)25-16-27-48(55)66(47)53-30-19-35-60-68(53)52-23-8-10-32-57(52)73(60)56-31-9-7-22-51(56)67-44-21-6-5-20-43(44)40-41-61(67)73/h5-42H,1-4H3. The van der Waals surface area contributed by atoms with Gasteiger partial charge in [0.05, 0.1) is 5.41 Å². The van der Waals surface area contributed by atoms with Crippen LogP contribution in [0.15, 0.2) is 231 Å². The van der Waals surface area contributed by atoms with Crippen LogP contribution >= 0.6 is 0 Å². The van der Waals surface area contributed by atoms with Gasteiger partial charge in [0.1, 0.15) is 23.0 Å². The summed E-state index contributed by atoms with van der Waals surface area (Å²) in [6.07, 6.45) is 0. The van der Waals surface area contributed by atoms with Crippen molar-refractivity contribution < 1.29 is 9.47 Å². The summed E-state index contributed by atoms with van der Waals surface area (Å²) in [6, 6.07) is 86.0. The van der Waals surface area contributed by atoms with E-state index in [1.54, 1.807) is 0 Å². The summed E-state index contributed by atoms with van der Waals surface area (Å²) in [7, 11) is 0. The predicted octanol–water partition coefficient (Wildman–Crippen LogP) is 19.4. The van der Waals surface area contributed by atoms with Gasteiger partial charge in [0.15, 0.2) is 0 Å². The lowest BCUT2D eigenvalue weighted by Crippen LogP contribution is -2.25. The topological polar surface area (TPSA) is 18.5 Å². The number of hydrogen-bond donors (Lipinski definition) is 0. The molecule has 2 heteroatoms. The van der Waals surface area contributed by atoms with E-state index in [1.165, 1.54) is 110 Å². The summed E-state index contributed by atoms with van der Waals surface area (Å²) in [5.41, 5.74) is 21.1. The molecule has 0 N–H and O–H groups in total. The molecule has 0 radical (unpaired) electrons. The van der Waals surface area contributed by atoms with Crippen LogP contribution in [0.5, 0.6) is 23.0 Å². The van der Waals surface area contributed by atoms with Crippen molar-refractivity contribution in [3.8, 4) is 78.6 Å². The molecule has 0 saturated carbocycles. The molecule has 75 heavy (non-hydrogen) atoms. The fourth-order valence-electron chi connectivity index (χ4n) is 14.4. The quantitative estimate of drug-likeness (QED) is 0.164. The molecule has 12 aromatic carbocycles. The van der Waals surface area contributed by atoms with Crippen LogP contribution in [0.3, 0.4) is 0 Å². The highest BCUT2D eigenvalue weighted by molar-refractivity contribution is 6.21. The lowest BCUT2D eigenvalue weighted by molar-refractivity contribution is 0.419. The molecular formula is C73H50O2. The molecule has 0 saturated heterocycles. The van der Waals surface area contributed by atoms with Gasteiger partial charge in [0.2, 0.25) is 0 Å². The molecule has 0 bridgehead atoms. The van der Waals surface area contributed by atoms with E-state index in [2.05, 4.69) is 258 Å². The lowest BCUT2D eigenvalue weighted by atomic mass is 9.70. The Morgan fingerprint density at radius 2 is 0.653 bits per heavy atom. The van der Waals surface area contributed by atoms with Crippen molar-refractivity contribution in [1.82, 2.24) is 0 Å². The molecular weight excluding hydrogens is 909 g/mol. The minimum absolute atomic E-state index is 0.272. The van der Waals surface area contributed by atoms with Gasteiger partial charge < -0.3 is 9.47 Å². The molecule has 4 aliphatic rings. The van der Waals surface area contributed by atoms with Gasteiger partial charge in [-0.2, -0.15) is 0 Å². The normalized spacial score (nSPS) is 16.5. The van der Waals surface area contributed by atoms with Gasteiger partial charge in [0.25, 0.3) is 0 Å². The zero-order valence-corrected chi connectivity index (χ0v) is 42.3. The lowest BCUT2D eigenvalue weighted by Gasteiger charge is -2.35. The number of rotatable bonds is 3. The van der Waals surface area contributed by atoms with Crippen molar-refractivity contribution in [1.29, 1.82) is 0 Å². The van der Waals surface area contributed by atoms with Gasteiger partial charge in [-0.25, -0.2) is 0 Å². The van der Waals surface area contributed by atoms with Crippen LogP contribution in [-0.2, 0) is 16.2 Å². The Morgan fingerprint density at radius 3 is 1.24 bits per heavy atom. The third-order valence-electron chi connectivity index (χ3n) is 17.8. The second kappa shape index (κ2) is 15.1. The maximum Gasteiger partial charge on any atom is 0.139 e. The Hall–Kier alpha value is -8.98. The van der Waals surface area contributed by atoms with E-state index >= 15 is 0 Å². The maximum absolute atomic E-state index is 7.07. The van der Waals surface area contributed by atoms with Crippen molar-refractivity contribution in [3.05, 3.63) is 275 Å². The first-order valence-corrected chi connectivity index (χ1v) is 26.4. The molecule has 2 aliphatic carbocycles. The molecule has 16 rings (SSSR count). The van der Waals surface area contributed by atoms with Gasteiger partial charge in [-0.05, 0) is 117 Å². The zero-order valence-electron chi connectivity index (χ0n) is 42.3. The van der Waals surface area contributed by atoms with Crippen molar-refractivity contribution in [3.63, 3.8) is 0 Å². The first-order chi connectivity index (χ1) is 36.7. The molecule has 0 fully saturated rings. The fourth-order valence-corrected chi connectivity index (χ4v) is 14.4. The molecule has 354 valence electrons. The summed E-state index contributed by atoms with van der Waals surface area (Å²) >= 11 is 0. The molecule has 12 aromatic rings. The van der Waals surface area contributed by atoms with Gasteiger partial charge in [-0.1, -0.05) is 240 Å². The van der Waals surface area contributed by atoms with Crippen LogP contribution in [0.2, 0.25) is 0 Å². The molecule has 2 nitrogen and oxygen atoms in total. The SMILES string of the molecule is CC1(C)c2ccccc2Oc2c(-c3cccc4c(-c5cccc6c5-c5ccccc5C65c6ccccc6-c6c5ccc5ccccc65)c5cccc(-c6cccc7c6Oc6ccccc6C7(C)C)c5cc34)cccc21. The molecule has 0 aromatic heterocycles. The van der Waals surface area contributed by atoms with Crippen molar-refractivity contribution in [2.45, 2.75) is 43.9 Å². The monoisotopic (exact) mass is 958 g/mol. The molecule has 1 atom stereocenters. The Morgan fingerprint density at radius 1 is 0.253 bits per heavy atom. The molecule has 2 aliphatic heterocycles. The van der Waals surface area contributed by atoms with E-state index < -0.39 is 5.41 Å². The van der Waals surface area contributed by atoms with Crippen LogP contribution in [0, 0.1) is 0 Å². The predicted molar refractivity (Wildman–Crippen MR) is 309 cm³/mol. The zero-order chi connectivity index (χ0) is 50.0. The van der Waals surface area contributed by atoms with Gasteiger partial charge in [-0.3, -0.25) is 0 Å². The summed E-state index contributed by atoms with van der Waals surface area (Å²) in [5.74, 6) is 3.64. The van der Waals surface area contributed by atoms with Crippen LogP contribution in [-0.4, -0.2) is 0 Å². The Labute approximate surface area is 437 Å². The van der Waals surface area contributed by atoms with E-state index in [1.807, 2.05) is 0 Å². The van der Waals surface area contributed by atoms with Gasteiger partial charge in [-0.15, -0.1) is 0 Å². The van der Waals surface area contributed by atoms with Crippen molar-refractivity contribution in [2.75, 3.05) is 0 Å². The number of para-hydroxylation sites is 4. The second-order valence-corrected chi connectivity index (χ2v) is 22.1. The van der Waals surface area contributed by atoms with E-state index in [4.69, 9.17) is 9.47 Å². The Kier molecular flexibility index (Phi) is 8.54.